The number of amides is 1. The molecule has 1 saturated carbocycles. The first-order valence-electron chi connectivity index (χ1n) is 7.76. The van der Waals surface area contributed by atoms with E-state index in [-0.39, 0.29) is 17.8 Å². The Morgan fingerprint density at radius 2 is 1.88 bits per heavy atom. The van der Waals surface area contributed by atoms with Gasteiger partial charge >= 0.3 is 6.01 Å². The molecule has 1 amide bonds. The third kappa shape index (κ3) is 4.43. The van der Waals surface area contributed by atoms with Gasteiger partial charge in [0.2, 0.25) is 17.7 Å². The molecule has 1 fully saturated rings. The normalized spacial score (nSPS) is 13.5. The van der Waals surface area contributed by atoms with E-state index in [1.807, 2.05) is 12.1 Å². The summed E-state index contributed by atoms with van der Waals surface area (Å²) in [5.41, 5.74) is 3.19. The van der Waals surface area contributed by atoms with Crippen LogP contribution in [-0.2, 0) is 4.79 Å². The number of benzene rings is 1. The molecule has 0 saturated heterocycles. The predicted octanol–water partition coefficient (Wildman–Crippen LogP) is 2.15. The molecule has 0 aliphatic heterocycles. The number of methoxy groups -OCH3 is 2. The van der Waals surface area contributed by atoms with Crippen LogP contribution in [0, 0.1) is 5.92 Å². The summed E-state index contributed by atoms with van der Waals surface area (Å²) >= 11 is 0. The van der Waals surface area contributed by atoms with Crippen LogP contribution in [0.15, 0.2) is 35.4 Å². The van der Waals surface area contributed by atoms with Crippen molar-refractivity contribution in [2.75, 3.05) is 14.2 Å². The molecule has 1 N–H and O–H groups in total. The fourth-order valence-corrected chi connectivity index (χ4v) is 2.02. The number of carbonyl (C=O) groups excluding carboxylic acids is 1. The maximum absolute atomic E-state index is 11.6. The molecule has 8 nitrogen and oxygen atoms in total. The van der Waals surface area contributed by atoms with Crippen molar-refractivity contribution in [1.29, 1.82) is 0 Å². The van der Waals surface area contributed by atoms with Crippen molar-refractivity contribution in [2.45, 2.75) is 12.8 Å². The van der Waals surface area contributed by atoms with E-state index in [0.29, 0.717) is 23.1 Å². The van der Waals surface area contributed by atoms with Crippen LogP contribution in [0.5, 0.6) is 23.5 Å². The van der Waals surface area contributed by atoms with Crippen LogP contribution in [0.3, 0.4) is 0 Å². The summed E-state index contributed by atoms with van der Waals surface area (Å²) in [7, 11) is 2.99. The molecule has 1 heterocycles. The highest BCUT2D eigenvalue weighted by Gasteiger charge is 2.29. The van der Waals surface area contributed by atoms with Gasteiger partial charge in [-0.1, -0.05) is 12.1 Å². The zero-order valence-electron chi connectivity index (χ0n) is 13.9. The van der Waals surface area contributed by atoms with Crippen molar-refractivity contribution in [3.05, 3.63) is 35.9 Å². The van der Waals surface area contributed by atoms with Crippen molar-refractivity contribution < 1.29 is 19.0 Å². The molecular weight excluding hydrogens is 324 g/mol. The van der Waals surface area contributed by atoms with Crippen molar-refractivity contribution in [3.8, 4) is 23.5 Å². The Morgan fingerprint density at radius 1 is 1.20 bits per heavy atom. The molecule has 8 heteroatoms. The van der Waals surface area contributed by atoms with Gasteiger partial charge in [0, 0.05) is 11.5 Å². The molecule has 0 radical (unpaired) electrons. The van der Waals surface area contributed by atoms with Crippen LogP contribution >= 0.6 is 0 Å². The van der Waals surface area contributed by atoms with Crippen LogP contribution < -0.4 is 19.6 Å². The Labute approximate surface area is 144 Å². The molecule has 0 atom stereocenters. The molecule has 3 rings (SSSR count). The van der Waals surface area contributed by atoms with Gasteiger partial charge in [-0.25, -0.2) is 5.43 Å². The molecule has 130 valence electrons. The lowest BCUT2D eigenvalue weighted by Gasteiger charge is -2.09. The SMILES string of the molecule is COc1cc(OC)nc(Oc2ccccc2/C=N/NC(=O)C2CC2)n1. The minimum atomic E-state index is -0.0597. The van der Waals surface area contributed by atoms with Crippen molar-refractivity contribution >= 4 is 12.1 Å². The third-order valence-corrected chi connectivity index (χ3v) is 3.52. The Morgan fingerprint density at radius 3 is 2.52 bits per heavy atom. The van der Waals surface area contributed by atoms with E-state index >= 15 is 0 Å². The molecule has 1 aromatic carbocycles. The highest BCUT2D eigenvalue weighted by molar-refractivity contribution is 5.86. The first-order chi connectivity index (χ1) is 12.2. The molecule has 2 aromatic rings. The average Bonchev–Trinajstić information content (AvgIpc) is 3.48. The quantitative estimate of drug-likeness (QED) is 0.612. The average molecular weight is 342 g/mol. The van der Waals surface area contributed by atoms with Gasteiger partial charge in [-0.3, -0.25) is 4.79 Å². The number of aromatic nitrogens is 2. The monoisotopic (exact) mass is 342 g/mol. The van der Waals surface area contributed by atoms with Gasteiger partial charge in [0.1, 0.15) is 5.75 Å². The van der Waals surface area contributed by atoms with Crippen molar-refractivity contribution in [3.63, 3.8) is 0 Å². The highest BCUT2D eigenvalue weighted by atomic mass is 16.5. The Bertz CT molecular complexity index is 768. The van der Waals surface area contributed by atoms with Crippen LogP contribution in [0.4, 0.5) is 0 Å². The number of rotatable bonds is 7. The minimum Gasteiger partial charge on any atom is -0.481 e. The standard InChI is InChI=1S/C17H18N4O4/c1-23-14-9-15(24-2)20-17(19-14)25-13-6-4-3-5-12(13)10-18-21-16(22)11-7-8-11/h3-6,9-11H,7-8H2,1-2H3,(H,21,22)/b18-10+. The summed E-state index contributed by atoms with van der Waals surface area (Å²) in [6, 6.07) is 8.84. The van der Waals surface area contributed by atoms with Gasteiger partial charge in [-0.15, -0.1) is 0 Å². The predicted molar refractivity (Wildman–Crippen MR) is 90.1 cm³/mol. The summed E-state index contributed by atoms with van der Waals surface area (Å²) in [5.74, 6) is 1.17. The molecule has 0 unspecified atom stereocenters. The molecule has 1 aromatic heterocycles. The lowest BCUT2D eigenvalue weighted by Crippen LogP contribution is -2.19. The topological polar surface area (TPSA) is 94.9 Å². The summed E-state index contributed by atoms with van der Waals surface area (Å²) in [6.45, 7) is 0. The largest absolute Gasteiger partial charge is 0.481 e. The second-order valence-corrected chi connectivity index (χ2v) is 5.38. The summed E-state index contributed by atoms with van der Waals surface area (Å²) < 4.78 is 15.9. The van der Waals surface area contributed by atoms with E-state index < -0.39 is 0 Å². The second kappa shape index (κ2) is 7.61. The van der Waals surface area contributed by atoms with Crippen LogP contribution in [0.2, 0.25) is 0 Å². The van der Waals surface area contributed by atoms with Crippen LogP contribution in [-0.4, -0.2) is 36.3 Å². The maximum Gasteiger partial charge on any atom is 0.328 e. The van der Waals surface area contributed by atoms with E-state index in [2.05, 4.69) is 20.5 Å². The molecule has 1 aliphatic rings. The van der Waals surface area contributed by atoms with Gasteiger partial charge in [-0.05, 0) is 25.0 Å². The van der Waals surface area contributed by atoms with Crippen LogP contribution in [0.25, 0.3) is 0 Å². The van der Waals surface area contributed by atoms with Gasteiger partial charge in [0.25, 0.3) is 0 Å². The van der Waals surface area contributed by atoms with E-state index in [1.165, 1.54) is 20.4 Å². The van der Waals surface area contributed by atoms with Gasteiger partial charge in [0.15, 0.2) is 0 Å². The first kappa shape index (κ1) is 16.7. The van der Waals surface area contributed by atoms with Gasteiger partial charge < -0.3 is 14.2 Å². The molecule has 25 heavy (non-hydrogen) atoms. The van der Waals surface area contributed by atoms with Gasteiger partial charge in [-0.2, -0.15) is 15.1 Å². The Balaban J connectivity index is 1.76. The first-order valence-corrected chi connectivity index (χ1v) is 7.76. The summed E-state index contributed by atoms with van der Waals surface area (Å²) in [6.07, 6.45) is 3.37. The lowest BCUT2D eigenvalue weighted by atomic mass is 10.2. The summed E-state index contributed by atoms with van der Waals surface area (Å²) in [5, 5.41) is 3.98. The van der Waals surface area contributed by atoms with Crippen molar-refractivity contribution in [2.24, 2.45) is 11.0 Å². The van der Waals surface area contributed by atoms with E-state index in [4.69, 9.17) is 14.2 Å². The third-order valence-electron chi connectivity index (χ3n) is 3.52. The van der Waals surface area contributed by atoms with Gasteiger partial charge in [0.05, 0.1) is 26.5 Å². The zero-order valence-corrected chi connectivity index (χ0v) is 13.9. The highest BCUT2D eigenvalue weighted by Crippen LogP contribution is 2.29. The smallest absolute Gasteiger partial charge is 0.328 e. The number of hydrazone groups is 1. The Kier molecular flexibility index (Phi) is 5.08. The number of ether oxygens (including phenoxy) is 3. The number of para-hydroxylation sites is 1. The minimum absolute atomic E-state index is 0.0597. The number of hydrogen-bond donors (Lipinski definition) is 1. The van der Waals surface area contributed by atoms with E-state index in [1.54, 1.807) is 18.2 Å². The fraction of sp³-hybridized carbons (Fsp3) is 0.294. The van der Waals surface area contributed by atoms with E-state index in [9.17, 15) is 4.79 Å². The lowest BCUT2D eigenvalue weighted by molar-refractivity contribution is -0.122. The molecular formula is C17H18N4O4. The maximum atomic E-state index is 11.6. The van der Waals surface area contributed by atoms with Crippen LogP contribution in [0.1, 0.15) is 18.4 Å². The van der Waals surface area contributed by atoms with Crippen molar-refractivity contribution in [1.82, 2.24) is 15.4 Å². The molecule has 0 bridgehead atoms. The number of nitrogens with one attached hydrogen (secondary N) is 1. The number of carbonyl (C=O) groups is 1. The Hall–Kier alpha value is -3.16. The molecule has 0 spiro atoms. The number of hydrogen-bond acceptors (Lipinski definition) is 7. The molecule has 1 aliphatic carbocycles. The number of nitrogens with zero attached hydrogens (tertiary/aromatic N) is 3. The zero-order chi connectivity index (χ0) is 17.6. The summed E-state index contributed by atoms with van der Waals surface area (Å²) in [4.78, 5) is 19.9. The second-order valence-electron chi connectivity index (χ2n) is 5.38. The van der Waals surface area contributed by atoms with E-state index in [0.717, 1.165) is 12.8 Å². The fourth-order valence-electron chi connectivity index (χ4n) is 2.02.